The first-order valence-corrected chi connectivity index (χ1v) is 10.4. The Bertz CT molecular complexity index is 1400. The van der Waals surface area contributed by atoms with E-state index >= 15 is 0 Å². The summed E-state index contributed by atoms with van der Waals surface area (Å²) in [7, 11) is 0. The van der Waals surface area contributed by atoms with Crippen LogP contribution in [0.5, 0.6) is 0 Å². The van der Waals surface area contributed by atoms with Gasteiger partial charge in [0.15, 0.2) is 0 Å². The molecule has 0 saturated carbocycles. The Morgan fingerprint density at radius 1 is 1.03 bits per heavy atom. The molecule has 0 spiro atoms. The number of aromatic nitrogens is 2. The lowest BCUT2D eigenvalue weighted by Crippen LogP contribution is -2.31. The number of halogens is 1. The average Bonchev–Trinajstić information content (AvgIpc) is 3.09. The maximum Gasteiger partial charge on any atom is 0.397 e. The van der Waals surface area contributed by atoms with Crippen LogP contribution in [-0.4, -0.2) is 28.5 Å². The molecule has 164 valence electrons. The quantitative estimate of drug-likeness (QED) is 0.305. The van der Waals surface area contributed by atoms with E-state index in [0.29, 0.717) is 27.2 Å². The highest BCUT2D eigenvalue weighted by Crippen LogP contribution is 2.36. The fourth-order valence-corrected chi connectivity index (χ4v) is 3.59. The second kappa shape index (κ2) is 8.16. The first-order valence-electron chi connectivity index (χ1n) is 10.0. The van der Waals surface area contributed by atoms with Gasteiger partial charge in [-0.1, -0.05) is 62.7 Å². The summed E-state index contributed by atoms with van der Waals surface area (Å²) in [4.78, 5) is 43.9. The molecule has 2 aromatic carbocycles. The number of hydrogen-bond acceptors (Lipinski definition) is 4. The van der Waals surface area contributed by atoms with Crippen molar-refractivity contribution in [1.82, 2.24) is 9.97 Å². The van der Waals surface area contributed by atoms with Crippen molar-refractivity contribution in [3.05, 3.63) is 63.9 Å². The summed E-state index contributed by atoms with van der Waals surface area (Å²) in [6.45, 7) is 5.72. The number of esters is 1. The van der Waals surface area contributed by atoms with E-state index in [1.54, 1.807) is 12.1 Å². The molecule has 1 amide bonds. The van der Waals surface area contributed by atoms with Crippen molar-refractivity contribution in [2.75, 3.05) is 11.9 Å². The third kappa shape index (κ3) is 4.24. The molecule has 4 aromatic rings. The average molecular weight is 452 g/mol. The molecule has 4 rings (SSSR count). The molecule has 2 heterocycles. The molecule has 0 aliphatic rings. The molecule has 0 radical (unpaired) electrons. The van der Waals surface area contributed by atoms with E-state index in [-0.39, 0.29) is 17.7 Å². The number of hydrogen-bond donors (Lipinski definition) is 3. The van der Waals surface area contributed by atoms with E-state index in [4.69, 9.17) is 16.3 Å². The predicted octanol–water partition coefficient (Wildman–Crippen LogP) is 4.86. The Balaban J connectivity index is 1.86. The number of fused-ring (bicyclic) bond motifs is 3. The van der Waals surface area contributed by atoms with Gasteiger partial charge in [-0.15, -0.1) is 0 Å². The number of nitrogens with one attached hydrogen (secondary N) is 3. The van der Waals surface area contributed by atoms with Crippen LogP contribution in [0.2, 0.25) is 5.02 Å². The number of carbonyl (C=O) groups excluding carboxylic acids is 2. The van der Waals surface area contributed by atoms with Crippen molar-refractivity contribution in [2.24, 2.45) is 5.41 Å². The number of pyridine rings is 1. The standard InChI is InChI=1S/C24H22ClN3O4/c1-24(2,3)12-32-23(31)22(30)28-20-17(13-7-5-4-6-8-13)19-18(27-21(20)29)15-11-14(25)9-10-16(15)26-19/h4-11,26H,12H2,1-3H3,(H,27,29)(H,28,30). The van der Waals surface area contributed by atoms with Crippen LogP contribution in [0.3, 0.4) is 0 Å². The van der Waals surface area contributed by atoms with Crippen LogP contribution in [0.1, 0.15) is 20.8 Å². The van der Waals surface area contributed by atoms with Crippen molar-refractivity contribution in [2.45, 2.75) is 20.8 Å². The second-order valence-corrected chi connectivity index (χ2v) is 9.16. The van der Waals surface area contributed by atoms with Gasteiger partial charge in [0.25, 0.3) is 5.56 Å². The molecule has 0 saturated heterocycles. The van der Waals surface area contributed by atoms with Crippen molar-refractivity contribution < 1.29 is 14.3 Å². The van der Waals surface area contributed by atoms with E-state index in [9.17, 15) is 14.4 Å². The van der Waals surface area contributed by atoms with Crippen LogP contribution in [0.15, 0.2) is 53.3 Å². The zero-order chi connectivity index (χ0) is 23.0. The third-order valence-electron chi connectivity index (χ3n) is 4.85. The molecule has 7 nitrogen and oxygen atoms in total. The molecular weight excluding hydrogens is 430 g/mol. The van der Waals surface area contributed by atoms with Gasteiger partial charge in [0, 0.05) is 21.5 Å². The fraction of sp³-hybridized carbons (Fsp3) is 0.208. The van der Waals surface area contributed by atoms with E-state index < -0.39 is 17.4 Å². The van der Waals surface area contributed by atoms with Crippen LogP contribution < -0.4 is 10.9 Å². The van der Waals surface area contributed by atoms with Crippen LogP contribution in [0.4, 0.5) is 5.69 Å². The predicted molar refractivity (Wildman–Crippen MR) is 126 cm³/mol. The van der Waals surface area contributed by atoms with E-state index in [1.807, 2.05) is 57.2 Å². The molecule has 0 bridgehead atoms. The summed E-state index contributed by atoms with van der Waals surface area (Å²) in [6.07, 6.45) is 0. The molecule has 0 unspecified atom stereocenters. The zero-order valence-electron chi connectivity index (χ0n) is 17.8. The van der Waals surface area contributed by atoms with Gasteiger partial charge in [0.05, 0.1) is 17.6 Å². The zero-order valence-corrected chi connectivity index (χ0v) is 18.6. The van der Waals surface area contributed by atoms with Gasteiger partial charge in [-0.3, -0.25) is 9.59 Å². The lowest BCUT2D eigenvalue weighted by Gasteiger charge is -2.17. The molecule has 0 atom stereocenters. The van der Waals surface area contributed by atoms with Crippen molar-refractivity contribution >= 4 is 51.1 Å². The summed E-state index contributed by atoms with van der Waals surface area (Å²) >= 11 is 6.15. The maximum absolute atomic E-state index is 13.1. The summed E-state index contributed by atoms with van der Waals surface area (Å²) in [5.41, 5.74) is 2.20. The minimum Gasteiger partial charge on any atom is -0.458 e. The lowest BCUT2D eigenvalue weighted by molar-refractivity contribution is -0.154. The Morgan fingerprint density at radius 3 is 2.44 bits per heavy atom. The summed E-state index contributed by atoms with van der Waals surface area (Å²) in [6, 6.07) is 14.4. The number of benzene rings is 2. The molecule has 32 heavy (non-hydrogen) atoms. The Hall–Kier alpha value is -3.58. The largest absolute Gasteiger partial charge is 0.458 e. The highest BCUT2D eigenvalue weighted by Gasteiger charge is 2.24. The van der Waals surface area contributed by atoms with Gasteiger partial charge < -0.3 is 20.0 Å². The molecule has 2 aromatic heterocycles. The lowest BCUT2D eigenvalue weighted by atomic mass is 9.99. The summed E-state index contributed by atoms with van der Waals surface area (Å²) < 4.78 is 5.09. The van der Waals surface area contributed by atoms with Crippen LogP contribution in [0, 0.1) is 5.41 Å². The highest BCUT2D eigenvalue weighted by atomic mass is 35.5. The highest BCUT2D eigenvalue weighted by molar-refractivity contribution is 6.38. The van der Waals surface area contributed by atoms with Gasteiger partial charge in [-0.25, -0.2) is 4.79 Å². The SMILES string of the molecule is CC(C)(C)COC(=O)C(=O)Nc1c(-c2ccccc2)c2[nH]c3ccc(Cl)cc3c2[nH]c1=O. The van der Waals surface area contributed by atoms with Gasteiger partial charge in [0.1, 0.15) is 5.69 Å². The number of carbonyl (C=O) groups is 2. The minimum absolute atomic E-state index is 0.0425. The van der Waals surface area contributed by atoms with Gasteiger partial charge in [-0.05, 0) is 29.2 Å². The number of anilines is 1. The molecule has 0 fully saturated rings. The van der Waals surface area contributed by atoms with E-state index in [2.05, 4.69) is 15.3 Å². The second-order valence-electron chi connectivity index (χ2n) is 8.73. The van der Waals surface area contributed by atoms with Gasteiger partial charge >= 0.3 is 11.9 Å². The Labute approximate surface area is 188 Å². The van der Waals surface area contributed by atoms with E-state index in [0.717, 1.165) is 10.9 Å². The molecule has 8 heteroatoms. The Morgan fingerprint density at radius 2 is 1.75 bits per heavy atom. The first-order chi connectivity index (χ1) is 15.1. The Kier molecular flexibility index (Phi) is 5.52. The summed E-state index contributed by atoms with van der Waals surface area (Å²) in [5.74, 6) is -2.07. The van der Waals surface area contributed by atoms with Crippen LogP contribution >= 0.6 is 11.6 Å². The third-order valence-corrected chi connectivity index (χ3v) is 5.08. The minimum atomic E-state index is -1.05. The smallest absolute Gasteiger partial charge is 0.397 e. The molecule has 0 aliphatic heterocycles. The summed E-state index contributed by atoms with van der Waals surface area (Å²) in [5, 5.41) is 3.73. The monoisotopic (exact) mass is 451 g/mol. The topological polar surface area (TPSA) is 104 Å². The molecular formula is C24H22ClN3O4. The number of aromatic amines is 2. The number of amides is 1. The maximum atomic E-state index is 13.1. The molecule has 0 aliphatic carbocycles. The fourth-order valence-electron chi connectivity index (χ4n) is 3.42. The first kappa shape index (κ1) is 21.6. The normalized spacial score (nSPS) is 11.6. The van der Waals surface area contributed by atoms with Crippen LogP contribution in [0.25, 0.3) is 33.1 Å². The van der Waals surface area contributed by atoms with Gasteiger partial charge in [-0.2, -0.15) is 0 Å². The number of rotatable bonds is 3. The number of ether oxygens (including phenoxy) is 1. The van der Waals surface area contributed by atoms with Crippen molar-refractivity contribution in [3.8, 4) is 11.1 Å². The number of H-pyrrole nitrogens is 2. The van der Waals surface area contributed by atoms with Gasteiger partial charge in [0.2, 0.25) is 0 Å². The van der Waals surface area contributed by atoms with Crippen molar-refractivity contribution in [1.29, 1.82) is 0 Å². The van der Waals surface area contributed by atoms with E-state index in [1.165, 1.54) is 0 Å². The van der Waals surface area contributed by atoms with Crippen molar-refractivity contribution in [3.63, 3.8) is 0 Å². The molecule has 3 N–H and O–H groups in total. The van der Waals surface area contributed by atoms with Crippen LogP contribution in [-0.2, 0) is 14.3 Å².